The minimum Gasteiger partial charge on any atom is -0.462 e. The van der Waals surface area contributed by atoms with E-state index in [-0.39, 0.29) is 31.1 Å². The van der Waals surface area contributed by atoms with Crippen LogP contribution in [0.4, 0.5) is 0 Å². The van der Waals surface area contributed by atoms with Crippen molar-refractivity contribution in [3.05, 3.63) is 0 Å². The van der Waals surface area contributed by atoms with Gasteiger partial charge in [-0.3, -0.25) is 14.4 Å². The fourth-order valence-corrected chi connectivity index (χ4v) is 8.80. The van der Waals surface area contributed by atoms with Gasteiger partial charge < -0.3 is 14.2 Å². The molecule has 63 heavy (non-hydrogen) atoms. The third-order valence-electron chi connectivity index (χ3n) is 13.1. The lowest BCUT2D eigenvalue weighted by atomic mass is 10.0. The van der Waals surface area contributed by atoms with Gasteiger partial charge in [0.1, 0.15) is 13.2 Å². The number of ether oxygens (including phenoxy) is 3. The molecule has 0 heterocycles. The van der Waals surface area contributed by atoms with Gasteiger partial charge in [-0.25, -0.2) is 0 Å². The molecule has 6 heteroatoms. The summed E-state index contributed by atoms with van der Waals surface area (Å²) in [4.78, 5) is 38.1. The Labute approximate surface area is 393 Å². The molecular formula is C57H110O6. The van der Waals surface area contributed by atoms with Gasteiger partial charge in [-0.15, -0.1) is 0 Å². The average Bonchev–Trinajstić information content (AvgIpc) is 3.28. The second-order valence-electron chi connectivity index (χ2n) is 19.6. The van der Waals surface area contributed by atoms with Crippen LogP contribution in [0.15, 0.2) is 0 Å². The summed E-state index contributed by atoms with van der Waals surface area (Å²) in [5.74, 6) is -0.834. The minimum absolute atomic E-state index is 0.0612. The van der Waals surface area contributed by atoms with Gasteiger partial charge in [0.25, 0.3) is 0 Å². The van der Waals surface area contributed by atoms with Crippen LogP contribution in [0.3, 0.4) is 0 Å². The van der Waals surface area contributed by atoms with Gasteiger partial charge in [0.05, 0.1) is 0 Å². The first-order valence-corrected chi connectivity index (χ1v) is 28.5. The van der Waals surface area contributed by atoms with Gasteiger partial charge in [-0.05, 0) is 19.3 Å². The Kier molecular flexibility index (Phi) is 51.7. The van der Waals surface area contributed by atoms with Crippen molar-refractivity contribution in [2.75, 3.05) is 13.2 Å². The Hall–Kier alpha value is -1.59. The molecule has 0 saturated heterocycles. The normalized spacial score (nSPS) is 11.9. The molecule has 0 aromatic carbocycles. The number of esters is 3. The summed E-state index contributed by atoms with van der Waals surface area (Å²) in [6.07, 6.45) is 58.1. The fraction of sp³-hybridized carbons (Fsp3) is 0.947. The maximum absolute atomic E-state index is 12.8. The van der Waals surface area contributed by atoms with E-state index in [4.69, 9.17) is 14.2 Å². The maximum atomic E-state index is 12.8. The first-order chi connectivity index (χ1) is 31.0. The van der Waals surface area contributed by atoms with Crippen LogP contribution in [-0.2, 0) is 28.6 Å². The van der Waals surface area contributed by atoms with E-state index in [9.17, 15) is 14.4 Å². The molecule has 0 radical (unpaired) electrons. The predicted octanol–water partition coefficient (Wildman–Crippen LogP) is 18.8. The summed E-state index contributed by atoms with van der Waals surface area (Å²) in [5, 5.41) is 0. The molecule has 0 fully saturated rings. The molecule has 0 N–H and O–H groups in total. The molecule has 0 spiro atoms. The zero-order valence-electron chi connectivity index (χ0n) is 42.9. The highest BCUT2D eigenvalue weighted by Gasteiger charge is 2.19. The molecule has 0 aliphatic rings. The van der Waals surface area contributed by atoms with E-state index in [0.29, 0.717) is 19.3 Å². The van der Waals surface area contributed by atoms with Gasteiger partial charge in [-0.1, -0.05) is 290 Å². The van der Waals surface area contributed by atoms with E-state index in [1.807, 2.05) is 0 Å². The number of carbonyl (C=O) groups excluding carboxylic acids is 3. The molecule has 0 aliphatic heterocycles. The highest BCUT2D eigenvalue weighted by atomic mass is 16.6. The number of hydrogen-bond acceptors (Lipinski definition) is 6. The molecule has 374 valence electrons. The van der Waals surface area contributed by atoms with Crippen LogP contribution < -0.4 is 0 Å². The van der Waals surface area contributed by atoms with Gasteiger partial charge in [0.15, 0.2) is 6.10 Å². The van der Waals surface area contributed by atoms with E-state index in [1.54, 1.807) is 0 Å². The van der Waals surface area contributed by atoms with Crippen molar-refractivity contribution in [3.63, 3.8) is 0 Å². The van der Waals surface area contributed by atoms with Crippen molar-refractivity contribution in [1.82, 2.24) is 0 Å². The SMILES string of the molecule is CCCCCCCCCCCCCCCCCCCCC(=O)O[C@H](COC(=O)CCCCCCCCCCCCC)COC(=O)CCCCCCCCCCCCCCCCCC. The standard InChI is InChI=1S/C57H110O6/c1-4-7-10-13-16-19-22-24-26-28-29-31-33-36-39-42-45-48-51-57(60)63-54(52-61-55(58)49-46-43-40-37-34-21-18-15-12-9-6-3)53-62-56(59)50-47-44-41-38-35-32-30-27-25-23-20-17-14-11-8-5-2/h54H,4-53H2,1-3H3/t54-/m1/s1. The lowest BCUT2D eigenvalue weighted by molar-refractivity contribution is -0.167. The Morgan fingerprint density at radius 1 is 0.254 bits per heavy atom. The summed E-state index contributed by atoms with van der Waals surface area (Å²) in [5.41, 5.74) is 0. The molecular weight excluding hydrogens is 781 g/mol. The number of carbonyl (C=O) groups is 3. The monoisotopic (exact) mass is 891 g/mol. The quantitative estimate of drug-likeness (QED) is 0.0344. The van der Waals surface area contributed by atoms with Crippen LogP contribution in [0.1, 0.15) is 329 Å². The van der Waals surface area contributed by atoms with Crippen molar-refractivity contribution in [3.8, 4) is 0 Å². The Balaban J connectivity index is 4.26. The predicted molar refractivity (Wildman–Crippen MR) is 270 cm³/mol. The summed E-state index contributed by atoms with van der Waals surface area (Å²) in [6.45, 7) is 6.70. The van der Waals surface area contributed by atoms with E-state index in [1.165, 1.54) is 231 Å². The molecule has 0 saturated carbocycles. The van der Waals surface area contributed by atoms with Gasteiger partial charge in [0.2, 0.25) is 0 Å². The zero-order chi connectivity index (χ0) is 45.8. The van der Waals surface area contributed by atoms with E-state index in [2.05, 4.69) is 20.8 Å². The Morgan fingerprint density at radius 3 is 0.635 bits per heavy atom. The highest BCUT2D eigenvalue weighted by Crippen LogP contribution is 2.18. The van der Waals surface area contributed by atoms with Crippen molar-refractivity contribution < 1.29 is 28.6 Å². The van der Waals surface area contributed by atoms with Crippen LogP contribution in [0.25, 0.3) is 0 Å². The lowest BCUT2D eigenvalue weighted by Crippen LogP contribution is -2.30. The first-order valence-electron chi connectivity index (χ1n) is 28.5. The van der Waals surface area contributed by atoms with Crippen molar-refractivity contribution in [2.24, 2.45) is 0 Å². The van der Waals surface area contributed by atoms with E-state index >= 15 is 0 Å². The summed E-state index contributed by atoms with van der Waals surface area (Å²) in [7, 11) is 0. The molecule has 0 amide bonds. The topological polar surface area (TPSA) is 78.9 Å². The van der Waals surface area contributed by atoms with Crippen LogP contribution in [0.5, 0.6) is 0 Å². The average molecular weight is 892 g/mol. The van der Waals surface area contributed by atoms with E-state index < -0.39 is 6.10 Å². The molecule has 0 aromatic rings. The van der Waals surface area contributed by atoms with Gasteiger partial charge in [-0.2, -0.15) is 0 Å². The minimum atomic E-state index is -0.760. The van der Waals surface area contributed by atoms with E-state index in [0.717, 1.165) is 57.8 Å². The van der Waals surface area contributed by atoms with Crippen LogP contribution in [0, 0.1) is 0 Å². The maximum Gasteiger partial charge on any atom is 0.306 e. The lowest BCUT2D eigenvalue weighted by Gasteiger charge is -2.18. The van der Waals surface area contributed by atoms with Gasteiger partial charge in [0, 0.05) is 19.3 Å². The van der Waals surface area contributed by atoms with Crippen molar-refractivity contribution in [1.29, 1.82) is 0 Å². The van der Waals surface area contributed by atoms with Crippen molar-refractivity contribution >= 4 is 17.9 Å². The molecule has 0 bridgehead atoms. The smallest absolute Gasteiger partial charge is 0.306 e. The highest BCUT2D eigenvalue weighted by molar-refractivity contribution is 5.71. The molecule has 6 nitrogen and oxygen atoms in total. The second kappa shape index (κ2) is 53.0. The van der Waals surface area contributed by atoms with Crippen LogP contribution >= 0.6 is 0 Å². The molecule has 0 rings (SSSR count). The largest absolute Gasteiger partial charge is 0.462 e. The summed E-state index contributed by atoms with van der Waals surface area (Å²) in [6, 6.07) is 0. The third kappa shape index (κ3) is 51.3. The number of hydrogen-bond donors (Lipinski definition) is 0. The van der Waals surface area contributed by atoms with Gasteiger partial charge >= 0.3 is 17.9 Å². The number of unbranched alkanes of at least 4 members (excludes halogenated alkanes) is 42. The summed E-state index contributed by atoms with van der Waals surface area (Å²) < 4.78 is 16.9. The molecule has 0 aromatic heterocycles. The molecule has 0 unspecified atom stereocenters. The van der Waals surface area contributed by atoms with Crippen molar-refractivity contribution in [2.45, 2.75) is 335 Å². The Bertz CT molecular complexity index is 936. The summed E-state index contributed by atoms with van der Waals surface area (Å²) >= 11 is 0. The van der Waals surface area contributed by atoms with Crippen LogP contribution in [0.2, 0.25) is 0 Å². The molecule has 1 atom stereocenters. The molecule has 0 aliphatic carbocycles. The Morgan fingerprint density at radius 2 is 0.429 bits per heavy atom. The fourth-order valence-electron chi connectivity index (χ4n) is 8.80. The van der Waals surface area contributed by atoms with Crippen LogP contribution in [-0.4, -0.2) is 37.2 Å². The first kappa shape index (κ1) is 61.4. The third-order valence-corrected chi connectivity index (χ3v) is 13.1. The number of rotatable bonds is 53. The zero-order valence-corrected chi connectivity index (χ0v) is 42.9. The second-order valence-corrected chi connectivity index (χ2v) is 19.6.